The van der Waals surface area contributed by atoms with Crippen LogP contribution in [0.2, 0.25) is 4.47 Å². The van der Waals surface area contributed by atoms with Gasteiger partial charge in [0.05, 0.1) is 10.6 Å². The Balaban J connectivity index is 2.40. The summed E-state index contributed by atoms with van der Waals surface area (Å²) in [7, 11) is -3.14. The minimum atomic E-state index is -3.14. The zero-order chi connectivity index (χ0) is 11.8. The van der Waals surface area contributed by atoms with Crippen LogP contribution in [0.1, 0.15) is 0 Å². The van der Waals surface area contributed by atoms with E-state index >= 15 is 0 Å². The topological polar surface area (TPSA) is 47.0 Å². The molecule has 1 aromatic heterocycles. The smallest absolute Gasteiger partial charge is 0.184 e. The monoisotopic (exact) mass is 273 g/mol. The maximum Gasteiger partial charge on any atom is 0.184 e. The van der Waals surface area contributed by atoms with Crippen molar-refractivity contribution in [3.05, 3.63) is 34.1 Å². The fourth-order valence-electron chi connectivity index (χ4n) is 1.26. The second kappa shape index (κ2) is 4.16. The number of nitrogens with zero attached hydrogens (tertiary/aromatic N) is 1. The van der Waals surface area contributed by atoms with Crippen LogP contribution < -0.4 is 0 Å². The molecule has 0 aliphatic heterocycles. The Hall–Kier alpha value is -0.910. The van der Waals surface area contributed by atoms with Gasteiger partial charge >= 0.3 is 0 Å². The predicted octanol–water partition coefficient (Wildman–Crippen LogP) is 2.87. The molecular weight excluding hydrogens is 266 g/mol. The van der Waals surface area contributed by atoms with Crippen LogP contribution in [-0.2, 0) is 9.84 Å². The molecule has 0 amide bonds. The van der Waals surface area contributed by atoms with Crippen molar-refractivity contribution in [2.24, 2.45) is 0 Å². The maximum atomic E-state index is 11.3. The Morgan fingerprint density at radius 1 is 1.25 bits per heavy atom. The van der Waals surface area contributed by atoms with Crippen molar-refractivity contribution in [1.29, 1.82) is 0 Å². The molecule has 1 aromatic carbocycles. The van der Waals surface area contributed by atoms with Crippen molar-refractivity contribution in [3.8, 4) is 11.3 Å². The van der Waals surface area contributed by atoms with Gasteiger partial charge in [-0.05, 0) is 12.1 Å². The number of aromatic nitrogens is 1. The first-order chi connectivity index (χ1) is 7.47. The van der Waals surface area contributed by atoms with Crippen LogP contribution in [0.15, 0.2) is 34.5 Å². The first-order valence-corrected chi connectivity index (χ1v) is 7.53. The lowest BCUT2D eigenvalue weighted by Crippen LogP contribution is -1.96. The standard InChI is InChI=1S/C10H8ClNO2S2/c1-16(13,14)8-4-2-7(3-5-8)9-6-15-10(11)12-9/h2-6H,1H3. The summed E-state index contributed by atoms with van der Waals surface area (Å²) >= 11 is 7.07. The Morgan fingerprint density at radius 3 is 2.31 bits per heavy atom. The molecule has 0 fully saturated rings. The van der Waals surface area contributed by atoms with Gasteiger partial charge in [0, 0.05) is 17.2 Å². The van der Waals surface area contributed by atoms with E-state index in [1.807, 2.05) is 5.38 Å². The number of hydrogen-bond donors (Lipinski definition) is 0. The lowest BCUT2D eigenvalue weighted by molar-refractivity contribution is 0.602. The average molecular weight is 274 g/mol. The molecule has 1 heterocycles. The number of thiazole rings is 1. The third-order valence-electron chi connectivity index (χ3n) is 2.05. The summed E-state index contributed by atoms with van der Waals surface area (Å²) in [6, 6.07) is 6.58. The molecule has 3 nitrogen and oxygen atoms in total. The number of halogens is 1. The molecule has 0 aliphatic rings. The molecule has 0 aliphatic carbocycles. The third kappa shape index (κ3) is 2.42. The zero-order valence-electron chi connectivity index (χ0n) is 8.34. The molecule has 0 atom stereocenters. The van der Waals surface area contributed by atoms with E-state index in [-0.39, 0.29) is 0 Å². The quantitative estimate of drug-likeness (QED) is 0.845. The third-order valence-corrected chi connectivity index (χ3v) is 4.16. The molecule has 0 radical (unpaired) electrons. The zero-order valence-corrected chi connectivity index (χ0v) is 10.7. The summed E-state index contributed by atoms with van der Waals surface area (Å²) in [5, 5.41) is 1.83. The van der Waals surface area contributed by atoms with Crippen LogP contribution in [-0.4, -0.2) is 19.7 Å². The highest BCUT2D eigenvalue weighted by molar-refractivity contribution is 7.90. The number of benzene rings is 1. The maximum absolute atomic E-state index is 11.3. The first kappa shape index (κ1) is 11.6. The van der Waals surface area contributed by atoms with Gasteiger partial charge in [-0.2, -0.15) is 0 Å². The van der Waals surface area contributed by atoms with Gasteiger partial charge in [-0.1, -0.05) is 23.7 Å². The number of sulfone groups is 1. The molecular formula is C10H8ClNO2S2. The van der Waals surface area contributed by atoms with Crippen molar-refractivity contribution in [3.63, 3.8) is 0 Å². The van der Waals surface area contributed by atoms with E-state index in [1.54, 1.807) is 24.3 Å². The highest BCUT2D eigenvalue weighted by Crippen LogP contribution is 2.25. The van der Waals surface area contributed by atoms with E-state index in [4.69, 9.17) is 11.6 Å². The van der Waals surface area contributed by atoms with E-state index in [1.165, 1.54) is 17.6 Å². The van der Waals surface area contributed by atoms with Crippen molar-refractivity contribution < 1.29 is 8.42 Å². The van der Waals surface area contributed by atoms with Gasteiger partial charge < -0.3 is 0 Å². The fraction of sp³-hybridized carbons (Fsp3) is 0.100. The van der Waals surface area contributed by atoms with E-state index in [0.29, 0.717) is 9.36 Å². The van der Waals surface area contributed by atoms with Gasteiger partial charge in [0.1, 0.15) is 0 Å². The van der Waals surface area contributed by atoms with Crippen molar-refractivity contribution >= 4 is 32.8 Å². The predicted molar refractivity (Wildman–Crippen MR) is 65.7 cm³/mol. The van der Waals surface area contributed by atoms with Crippen molar-refractivity contribution in [2.75, 3.05) is 6.26 Å². The van der Waals surface area contributed by atoms with Gasteiger partial charge in [-0.15, -0.1) is 11.3 Å². The van der Waals surface area contributed by atoms with E-state index in [9.17, 15) is 8.42 Å². The molecule has 16 heavy (non-hydrogen) atoms. The summed E-state index contributed by atoms with van der Waals surface area (Å²) in [6.07, 6.45) is 1.18. The first-order valence-electron chi connectivity index (χ1n) is 4.38. The Kier molecular flexibility index (Phi) is 3.01. The molecule has 0 N–H and O–H groups in total. The molecule has 6 heteroatoms. The Bertz CT molecular complexity index is 602. The molecule has 0 spiro atoms. The van der Waals surface area contributed by atoms with E-state index in [2.05, 4.69) is 4.98 Å². The van der Waals surface area contributed by atoms with E-state index < -0.39 is 9.84 Å². The summed E-state index contributed by atoms with van der Waals surface area (Å²) in [5.74, 6) is 0. The van der Waals surface area contributed by atoms with Gasteiger partial charge in [-0.3, -0.25) is 0 Å². The lowest BCUT2D eigenvalue weighted by Gasteiger charge is -1.99. The Labute approximate surface area is 103 Å². The minimum Gasteiger partial charge on any atom is -0.225 e. The fourth-order valence-corrected chi connectivity index (χ4v) is 2.66. The summed E-state index contributed by atoms with van der Waals surface area (Å²) < 4.78 is 23.0. The second-order valence-electron chi connectivity index (χ2n) is 3.28. The summed E-state index contributed by atoms with van der Waals surface area (Å²) in [5.41, 5.74) is 1.62. The summed E-state index contributed by atoms with van der Waals surface area (Å²) in [4.78, 5) is 4.41. The Morgan fingerprint density at radius 2 is 1.88 bits per heavy atom. The van der Waals surface area contributed by atoms with Crippen LogP contribution in [0, 0.1) is 0 Å². The van der Waals surface area contributed by atoms with Gasteiger partial charge in [-0.25, -0.2) is 13.4 Å². The van der Waals surface area contributed by atoms with Crippen LogP contribution >= 0.6 is 22.9 Å². The molecule has 2 rings (SSSR count). The van der Waals surface area contributed by atoms with Gasteiger partial charge in [0.2, 0.25) is 0 Å². The van der Waals surface area contributed by atoms with Crippen molar-refractivity contribution in [1.82, 2.24) is 4.98 Å². The molecule has 84 valence electrons. The molecule has 2 aromatic rings. The summed E-state index contributed by atoms with van der Waals surface area (Å²) in [6.45, 7) is 0. The van der Waals surface area contributed by atoms with Crippen LogP contribution in [0.25, 0.3) is 11.3 Å². The van der Waals surface area contributed by atoms with Gasteiger partial charge in [0.15, 0.2) is 14.3 Å². The molecule has 0 bridgehead atoms. The van der Waals surface area contributed by atoms with Crippen LogP contribution in [0.4, 0.5) is 0 Å². The number of rotatable bonds is 2. The van der Waals surface area contributed by atoms with Gasteiger partial charge in [0.25, 0.3) is 0 Å². The second-order valence-corrected chi connectivity index (χ2v) is 6.74. The molecule has 0 saturated carbocycles. The average Bonchev–Trinajstić information content (AvgIpc) is 2.64. The van der Waals surface area contributed by atoms with Crippen LogP contribution in [0.5, 0.6) is 0 Å². The SMILES string of the molecule is CS(=O)(=O)c1ccc(-c2csc(Cl)n2)cc1. The van der Waals surface area contributed by atoms with E-state index in [0.717, 1.165) is 11.3 Å². The van der Waals surface area contributed by atoms with Crippen LogP contribution in [0.3, 0.4) is 0 Å². The molecule has 0 saturated heterocycles. The largest absolute Gasteiger partial charge is 0.225 e. The molecule has 0 unspecified atom stereocenters. The normalized spacial score (nSPS) is 11.6. The lowest BCUT2D eigenvalue weighted by atomic mass is 10.2. The number of hydrogen-bond acceptors (Lipinski definition) is 4. The minimum absolute atomic E-state index is 0.303. The highest BCUT2D eigenvalue weighted by atomic mass is 35.5. The van der Waals surface area contributed by atoms with Crippen molar-refractivity contribution in [2.45, 2.75) is 4.90 Å². The highest BCUT2D eigenvalue weighted by Gasteiger charge is 2.08.